The van der Waals surface area contributed by atoms with E-state index in [9.17, 15) is 24.0 Å². The van der Waals surface area contributed by atoms with Gasteiger partial charge in [-0.25, -0.2) is 14.4 Å². The second kappa shape index (κ2) is 33.0. The lowest BCUT2D eigenvalue weighted by molar-refractivity contribution is -0.161. The maximum atomic E-state index is 12.6. The minimum atomic E-state index is -0.814. The molecule has 15 heteroatoms. The lowest BCUT2D eigenvalue weighted by atomic mass is 10.1. The zero-order valence-electron chi connectivity index (χ0n) is 37.2. The van der Waals surface area contributed by atoms with Crippen molar-refractivity contribution in [1.82, 2.24) is 0 Å². The normalized spacial score (nSPS) is 11.6. The molecule has 0 aromatic heterocycles. The van der Waals surface area contributed by atoms with Crippen LogP contribution in [-0.4, -0.2) is 108 Å². The summed E-state index contributed by atoms with van der Waals surface area (Å²) < 4.78 is 55.5. The maximum Gasteiger partial charge on any atom is 0.333 e. The number of ether oxygens (including phenoxy) is 10. The molecule has 0 amide bonds. The molecule has 0 aliphatic rings. The molecule has 0 spiro atoms. The van der Waals surface area contributed by atoms with Gasteiger partial charge in [-0.1, -0.05) is 63.6 Å². The third kappa shape index (κ3) is 27.1. The van der Waals surface area contributed by atoms with Crippen molar-refractivity contribution >= 4 is 29.8 Å². The van der Waals surface area contributed by atoms with Crippen molar-refractivity contribution in [3.63, 3.8) is 0 Å². The predicted octanol–water partition coefficient (Wildman–Crippen LogP) is 7.64. The Hall–Kier alpha value is -5.67. The summed E-state index contributed by atoms with van der Waals surface area (Å²) in [6, 6.07) is 16.3. The first-order valence-electron chi connectivity index (χ1n) is 21.4. The first kappa shape index (κ1) is 53.5. The summed E-state index contributed by atoms with van der Waals surface area (Å²) in [6.07, 6.45) is 4.75. The molecule has 0 radical (unpaired) electrons. The number of para-hydroxylation sites is 1. The highest BCUT2D eigenvalue weighted by molar-refractivity contribution is 5.87. The number of rotatable bonds is 36. The molecule has 2 unspecified atom stereocenters. The van der Waals surface area contributed by atoms with E-state index in [1.807, 2.05) is 30.3 Å². The van der Waals surface area contributed by atoms with Gasteiger partial charge in [-0.2, -0.15) is 0 Å². The van der Waals surface area contributed by atoms with Gasteiger partial charge in [0.15, 0.2) is 12.2 Å². The number of esters is 5. The van der Waals surface area contributed by atoms with Gasteiger partial charge in [0.1, 0.15) is 43.7 Å². The summed E-state index contributed by atoms with van der Waals surface area (Å²) in [4.78, 5) is 60.0. The molecule has 0 aliphatic carbocycles. The van der Waals surface area contributed by atoms with E-state index in [2.05, 4.69) is 19.7 Å². The molecule has 2 rings (SSSR count). The van der Waals surface area contributed by atoms with Crippen molar-refractivity contribution < 1.29 is 71.3 Å². The van der Waals surface area contributed by atoms with Crippen molar-refractivity contribution in [3.05, 3.63) is 91.1 Å². The van der Waals surface area contributed by atoms with E-state index in [0.29, 0.717) is 67.3 Å². The van der Waals surface area contributed by atoms with Gasteiger partial charge in [0, 0.05) is 29.6 Å². The third-order valence-corrected chi connectivity index (χ3v) is 8.66. The van der Waals surface area contributed by atoms with Crippen LogP contribution in [0.25, 0.3) is 0 Å². The third-order valence-electron chi connectivity index (χ3n) is 8.66. The van der Waals surface area contributed by atoms with E-state index in [1.54, 1.807) is 38.1 Å². The van der Waals surface area contributed by atoms with Crippen molar-refractivity contribution in [2.75, 3.05) is 66.1 Å². The Morgan fingerprint density at radius 1 is 0.429 bits per heavy atom. The highest BCUT2D eigenvalue weighted by Gasteiger charge is 2.19. The summed E-state index contributed by atoms with van der Waals surface area (Å²) in [7, 11) is 0. The second-order valence-corrected chi connectivity index (χ2v) is 14.7. The average molecular weight is 883 g/mol. The Labute approximate surface area is 372 Å². The number of unbranched alkanes of at least 4 members (excludes halogenated alkanes) is 6. The molecule has 2 aromatic carbocycles. The van der Waals surface area contributed by atoms with Crippen molar-refractivity contribution in [3.8, 4) is 17.2 Å². The van der Waals surface area contributed by atoms with Crippen LogP contribution in [0.15, 0.2) is 91.1 Å². The van der Waals surface area contributed by atoms with Gasteiger partial charge < -0.3 is 47.4 Å². The molecular formula is C48H66O15. The highest BCUT2D eigenvalue weighted by atomic mass is 16.6. The van der Waals surface area contributed by atoms with Gasteiger partial charge in [0.2, 0.25) is 0 Å². The van der Waals surface area contributed by atoms with E-state index in [4.69, 9.17) is 47.4 Å². The summed E-state index contributed by atoms with van der Waals surface area (Å²) >= 11 is 0. The molecule has 0 fully saturated rings. The zero-order chi connectivity index (χ0) is 46.1. The van der Waals surface area contributed by atoms with Crippen molar-refractivity contribution in [2.45, 2.75) is 97.2 Å². The van der Waals surface area contributed by atoms with Crippen molar-refractivity contribution in [1.29, 1.82) is 0 Å². The van der Waals surface area contributed by atoms with Crippen LogP contribution < -0.4 is 14.2 Å². The molecule has 0 saturated heterocycles. The Kier molecular flexibility index (Phi) is 28.0. The minimum absolute atomic E-state index is 0.0102. The van der Waals surface area contributed by atoms with Crippen LogP contribution in [0, 0.1) is 0 Å². The van der Waals surface area contributed by atoms with Crippen molar-refractivity contribution in [2.24, 2.45) is 0 Å². The summed E-state index contributed by atoms with van der Waals surface area (Å²) in [5.74, 6) is -0.358. The van der Waals surface area contributed by atoms with Gasteiger partial charge in [-0.05, 0) is 82.9 Å². The number of hydrogen-bond donors (Lipinski definition) is 0. The van der Waals surface area contributed by atoms with Gasteiger partial charge in [-0.15, -0.1) is 0 Å². The molecule has 0 aliphatic heterocycles. The molecule has 348 valence electrons. The Morgan fingerprint density at radius 3 is 1.27 bits per heavy atom. The number of carbonyl (C=O) groups is 5. The minimum Gasteiger partial charge on any atom is -0.491 e. The standard InChI is InChI=1S/C48H66O15/c1-36(2)46(51)58-26-16-9-7-14-20-44(49)62-42(34-60-39-18-12-11-13-19-39)32-54-28-30-56-40-22-24-41(25-23-40)57-31-29-55-33-43(35-61-48(53)38(5)6)63-45(50)21-15-8-10-17-27-59-47(52)37(3)4/h11-13,18-19,22-25,42-43H,1,3,5,7-10,14-17,20-21,26-35H2,2,4,6H3. The number of hydrogen-bond acceptors (Lipinski definition) is 15. The number of benzene rings is 2. The lowest BCUT2D eigenvalue weighted by Crippen LogP contribution is -2.30. The second-order valence-electron chi connectivity index (χ2n) is 14.7. The molecule has 2 aromatic rings. The molecule has 63 heavy (non-hydrogen) atoms. The van der Waals surface area contributed by atoms with Crippen LogP contribution in [0.1, 0.15) is 85.0 Å². The van der Waals surface area contributed by atoms with Gasteiger partial charge >= 0.3 is 29.8 Å². The monoisotopic (exact) mass is 882 g/mol. The largest absolute Gasteiger partial charge is 0.491 e. The van der Waals surface area contributed by atoms with E-state index in [0.717, 1.165) is 25.7 Å². The van der Waals surface area contributed by atoms with Crippen LogP contribution in [0.2, 0.25) is 0 Å². The van der Waals surface area contributed by atoms with Gasteiger partial charge in [0.05, 0.1) is 39.6 Å². The van der Waals surface area contributed by atoms with Crippen LogP contribution in [-0.2, 0) is 57.1 Å². The Balaban J connectivity index is 1.68. The molecule has 15 nitrogen and oxygen atoms in total. The Morgan fingerprint density at radius 2 is 0.825 bits per heavy atom. The fraction of sp³-hybridized carbons (Fsp3) is 0.521. The first-order chi connectivity index (χ1) is 30.3. The number of carbonyl (C=O) groups excluding carboxylic acids is 5. The lowest BCUT2D eigenvalue weighted by Gasteiger charge is -2.19. The first-order valence-corrected chi connectivity index (χ1v) is 21.4. The average Bonchev–Trinajstić information content (AvgIpc) is 3.26. The topological polar surface area (TPSA) is 178 Å². The molecule has 0 bridgehead atoms. The zero-order valence-corrected chi connectivity index (χ0v) is 37.2. The maximum absolute atomic E-state index is 12.6. The Bertz CT molecular complexity index is 1690. The fourth-order valence-electron chi connectivity index (χ4n) is 5.24. The van der Waals surface area contributed by atoms with Gasteiger partial charge in [0.25, 0.3) is 0 Å². The van der Waals surface area contributed by atoms with Crippen LogP contribution in [0.3, 0.4) is 0 Å². The molecule has 0 heterocycles. The van der Waals surface area contributed by atoms with Crippen LogP contribution in [0.4, 0.5) is 0 Å². The van der Waals surface area contributed by atoms with Gasteiger partial charge in [-0.3, -0.25) is 9.59 Å². The van der Waals surface area contributed by atoms with Crippen LogP contribution in [0.5, 0.6) is 17.2 Å². The van der Waals surface area contributed by atoms with Crippen LogP contribution >= 0.6 is 0 Å². The highest BCUT2D eigenvalue weighted by Crippen LogP contribution is 2.18. The fourth-order valence-corrected chi connectivity index (χ4v) is 5.24. The summed E-state index contributed by atoms with van der Waals surface area (Å²) in [6.45, 7) is 16.9. The van der Waals surface area contributed by atoms with E-state index in [-0.39, 0.29) is 77.2 Å². The molecule has 0 N–H and O–H groups in total. The summed E-state index contributed by atoms with van der Waals surface area (Å²) in [5, 5.41) is 0. The van der Waals surface area contributed by atoms with E-state index in [1.165, 1.54) is 6.92 Å². The molecule has 0 saturated carbocycles. The smallest absolute Gasteiger partial charge is 0.333 e. The predicted molar refractivity (Wildman–Crippen MR) is 234 cm³/mol. The van der Waals surface area contributed by atoms with E-state index >= 15 is 0 Å². The molecular weight excluding hydrogens is 817 g/mol. The molecule has 2 atom stereocenters. The van der Waals surface area contributed by atoms with E-state index < -0.39 is 36.1 Å². The SMILES string of the molecule is C=C(C)C(=O)OCCCCCCC(=O)OC(COCCOc1ccc(OCCOCC(COc2ccccc2)OC(=O)CCCCCCOC(=O)C(=C)C)cc1)COC(=O)C(=C)C. The summed E-state index contributed by atoms with van der Waals surface area (Å²) in [5.41, 5.74) is 0.942. The quantitative estimate of drug-likeness (QED) is 0.0282.